The molecule has 0 bridgehead atoms. The van der Waals surface area contributed by atoms with Gasteiger partial charge in [-0.25, -0.2) is 0 Å². The highest BCUT2D eigenvalue weighted by Gasteiger charge is 2.39. The van der Waals surface area contributed by atoms with E-state index in [1.807, 2.05) is 0 Å². The molecule has 1 aliphatic heterocycles. The molecule has 1 saturated carbocycles. The van der Waals surface area contributed by atoms with Crippen LogP contribution in [0.25, 0.3) is 0 Å². The minimum Gasteiger partial charge on any atom is -0.312 e. The Morgan fingerprint density at radius 3 is 2.80 bits per heavy atom. The summed E-state index contributed by atoms with van der Waals surface area (Å²) < 4.78 is 2.35. The van der Waals surface area contributed by atoms with Crippen molar-refractivity contribution in [1.29, 1.82) is 0 Å². The van der Waals surface area contributed by atoms with Crippen LogP contribution in [0.1, 0.15) is 50.3 Å². The summed E-state index contributed by atoms with van der Waals surface area (Å²) in [7, 11) is 0. The summed E-state index contributed by atoms with van der Waals surface area (Å²) in [6.07, 6.45) is 2.39. The van der Waals surface area contributed by atoms with Crippen molar-refractivity contribution in [2.45, 2.75) is 45.2 Å². The number of nitrogens with one attached hydrogen (secondary N) is 1. The first-order valence-corrected chi connectivity index (χ1v) is 5.97. The van der Waals surface area contributed by atoms with E-state index >= 15 is 0 Å². The van der Waals surface area contributed by atoms with Crippen molar-refractivity contribution < 1.29 is 0 Å². The molecule has 4 nitrogen and oxygen atoms in total. The number of rotatable bonds is 2. The van der Waals surface area contributed by atoms with E-state index in [4.69, 9.17) is 0 Å². The van der Waals surface area contributed by atoms with Crippen molar-refractivity contribution in [2.75, 3.05) is 6.54 Å². The zero-order chi connectivity index (χ0) is 10.4. The smallest absolute Gasteiger partial charge is 0.150 e. The number of nitrogens with zero attached hydrogens (tertiary/aromatic N) is 3. The van der Waals surface area contributed by atoms with Crippen molar-refractivity contribution in [3.05, 3.63) is 11.6 Å². The predicted molar refractivity (Wildman–Crippen MR) is 57.6 cm³/mol. The first-order valence-electron chi connectivity index (χ1n) is 5.97. The Balaban J connectivity index is 1.95. The molecule has 2 heterocycles. The van der Waals surface area contributed by atoms with Crippen LogP contribution in [0, 0.1) is 5.92 Å². The molecule has 15 heavy (non-hydrogen) atoms. The van der Waals surface area contributed by atoms with Gasteiger partial charge in [-0.1, -0.05) is 13.8 Å². The zero-order valence-electron chi connectivity index (χ0n) is 9.40. The largest absolute Gasteiger partial charge is 0.312 e. The van der Waals surface area contributed by atoms with Gasteiger partial charge in [0.2, 0.25) is 0 Å². The number of aromatic nitrogens is 3. The lowest BCUT2D eigenvalue weighted by Gasteiger charge is -2.24. The summed E-state index contributed by atoms with van der Waals surface area (Å²) in [5.41, 5.74) is 0. The first-order chi connectivity index (χ1) is 7.31. The van der Waals surface area contributed by atoms with Crippen LogP contribution in [0.15, 0.2) is 0 Å². The lowest BCUT2D eigenvalue weighted by atomic mass is 10.1. The monoisotopic (exact) mass is 206 g/mol. The number of hydrogen-bond donors (Lipinski definition) is 1. The van der Waals surface area contributed by atoms with Gasteiger partial charge in [-0.15, -0.1) is 10.2 Å². The molecule has 2 aliphatic rings. The molecular weight excluding hydrogens is 188 g/mol. The van der Waals surface area contributed by atoms with Gasteiger partial charge in [-0.05, 0) is 18.8 Å². The summed E-state index contributed by atoms with van der Waals surface area (Å²) in [5, 5.41) is 12.2. The van der Waals surface area contributed by atoms with Crippen molar-refractivity contribution in [3.8, 4) is 0 Å². The zero-order valence-corrected chi connectivity index (χ0v) is 9.40. The van der Waals surface area contributed by atoms with Crippen molar-refractivity contribution in [2.24, 2.45) is 5.92 Å². The summed E-state index contributed by atoms with van der Waals surface area (Å²) in [4.78, 5) is 0. The van der Waals surface area contributed by atoms with E-state index in [2.05, 4.69) is 33.9 Å². The Labute approximate surface area is 90.1 Å². The second-order valence-corrected chi connectivity index (χ2v) is 4.80. The van der Waals surface area contributed by atoms with Crippen LogP contribution in [0.5, 0.6) is 0 Å². The molecule has 3 atom stereocenters. The molecule has 0 saturated heterocycles. The highest BCUT2D eigenvalue weighted by Crippen LogP contribution is 2.46. The lowest BCUT2D eigenvalue weighted by molar-refractivity contribution is 0.399. The molecule has 1 aromatic rings. The average molecular weight is 206 g/mol. The van der Waals surface area contributed by atoms with Crippen LogP contribution in [0.3, 0.4) is 0 Å². The minimum absolute atomic E-state index is 0.411. The third-order valence-corrected chi connectivity index (χ3v) is 3.70. The lowest BCUT2D eigenvalue weighted by Crippen LogP contribution is -2.33. The van der Waals surface area contributed by atoms with E-state index in [0.29, 0.717) is 12.0 Å². The Kier molecular flexibility index (Phi) is 2.06. The summed E-state index contributed by atoms with van der Waals surface area (Å²) in [5.74, 6) is 3.88. The fraction of sp³-hybridized carbons (Fsp3) is 0.818. The van der Waals surface area contributed by atoms with Crippen LogP contribution < -0.4 is 5.32 Å². The summed E-state index contributed by atoms with van der Waals surface area (Å²) >= 11 is 0. The topological polar surface area (TPSA) is 42.7 Å². The van der Waals surface area contributed by atoms with Crippen molar-refractivity contribution in [3.63, 3.8) is 0 Å². The SMILES string of the molecule is CCC1NCCn2c1nnc2C1CC1C. The van der Waals surface area contributed by atoms with E-state index in [9.17, 15) is 0 Å². The van der Waals surface area contributed by atoms with Gasteiger partial charge in [0, 0.05) is 19.0 Å². The van der Waals surface area contributed by atoms with Gasteiger partial charge in [-0.3, -0.25) is 0 Å². The fourth-order valence-corrected chi connectivity index (χ4v) is 2.54. The van der Waals surface area contributed by atoms with Gasteiger partial charge >= 0.3 is 0 Å². The van der Waals surface area contributed by atoms with Gasteiger partial charge < -0.3 is 9.88 Å². The van der Waals surface area contributed by atoms with Crippen LogP contribution in [-0.4, -0.2) is 21.3 Å². The molecule has 1 aromatic heterocycles. The van der Waals surface area contributed by atoms with E-state index in [-0.39, 0.29) is 0 Å². The second-order valence-electron chi connectivity index (χ2n) is 4.80. The molecule has 82 valence electrons. The molecule has 3 unspecified atom stereocenters. The fourth-order valence-electron chi connectivity index (χ4n) is 2.54. The summed E-state index contributed by atoms with van der Waals surface area (Å²) in [6.45, 7) is 6.58. The molecular formula is C11H18N4. The normalized spacial score (nSPS) is 33.9. The third kappa shape index (κ3) is 1.39. The Morgan fingerprint density at radius 2 is 2.13 bits per heavy atom. The highest BCUT2D eigenvalue weighted by molar-refractivity contribution is 5.14. The second kappa shape index (κ2) is 3.30. The van der Waals surface area contributed by atoms with Gasteiger partial charge in [0.15, 0.2) is 0 Å². The van der Waals surface area contributed by atoms with Gasteiger partial charge in [0.05, 0.1) is 6.04 Å². The first kappa shape index (κ1) is 9.33. The average Bonchev–Trinajstić information content (AvgIpc) is 2.82. The Hall–Kier alpha value is -0.900. The third-order valence-electron chi connectivity index (χ3n) is 3.70. The van der Waals surface area contributed by atoms with Gasteiger partial charge in [0.25, 0.3) is 0 Å². The quantitative estimate of drug-likeness (QED) is 0.796. The Bertz CT molecular complexity index is 357. The number of hydrogen-bond acceptors (Lipinski definition) is 3. The molecule has 0 spiro atoms. The molecule has 1 N–H and O–H groups in total. The van der Waals surface area contributed by atoms with Gasteiger partial charge in [0.1, 0.15) is 11.6 Å². The maximum atomic E-state index is 4.38. The maximum Gasteiger partial charge on any atom is 0.150 e. The minimum atomic E-state index is 0.411. The molecule has 0 aromatic carbocycles. The van der Waals surface area contributed by atoms with Gasteiger partial charge in [-0.2, -0.15) is 0 Å². The van der Waals surface area contributed by atoms with Crippen LogP contribution >= 0.6 is 0 Å². The van der Waals surface area contributed by atoms with E-state index in [1.165, 1.54) is 12.2 Å². The molecule has 1 aliphatic carbocycles. The van der Waals surface area contributed by atoms with E-state index in [0.717, 1.165) is 31.3 Å². The highest BCUT2D eigenvalue weighted by atomic mass is 15.3. The molecule has 0 amide bonds. The van der Waals surface area contributed by atoms with Crippen LogP contribution in [0.2, 0.25) is 0 Å². The molecule has 3 rings (SSSR count). The molecule has 1 fully saturated rings. The van der Waals surface area contributed by atoms with Crippen molar-refractivity contribution in [1.82, 2.24) is 20.1 Å². The van der Waals surface area contributed by atoms with Crippen molar-refractivity contribution >= 4 is 0 Å². The van der Waals surface area contributed by atoms with E-state index < -0.39 is 0 Å². The van der Waals surface area contributed by atoms with E-state index in [1.54, 1.807) is 0 Å². The van der Waals surface area contributed by atoms with Crippen LogP contribution in [0.4, 0.5) is 0 Å². The molecule has 4 heteroatoms. The predicted octanol–water partition coefficient (Wildman–Crippen LogP) is 1.46. The standard InChI is InChI=1S/C11H18N4/c1-3-9-11-14-13-10(8-6-7(8)2)15(11)5-4-12-9/h7-9,12H,3-6H2,1-2H3. The summed E-state index contributed by atoms with van der Waals surface area (Å²) in [6, 6.07) is 0.411. The Morgan fingerprint density at radius 1 is 1.40 bits per heavy atom. The maximum absolute atomic E-state index is 4.38. The number of fused-ring (bicyclic) bond motifs is 1. The molecule has 0 radical (unpaired) electrons. The van der Waals surface area contributed by atoms with Crippen LogP contribution in [-0.2, 0) is 6.54 Å².